The average molecular weight is 436 g/mol. The summed E-state index contributed by atoms with van der Waals surface area (Å²) in [5.41, 5.74) is 3.33. The molecule has 0 unspecified atom stereocenters. The Hall–Kier alpha value is -2.21. The number of hydrogen-bond donors (Lipinski definition) is 1. The van der Waals surface area contributed by atoms with Crippen LogP contribution in [0, 0.1) is 6.92 Å². The van der Waals surface area contributed by atoms with E-state index in [0.717, 1.165) is 56.6 Å². The molecule has 2 atom stereocenters. The van der Waals surface area contributed by atoms with Crippen molar-refractivity contribution in [1.82, 2.24) is 9.80 Å². The van der Waals surface area contributed by atoms with Gasteiger partial charge >= 0.3 is 0 Å². The van der Waals surface area contributed by atoms with Crippen molar-refractivity contribution in [2.45, 2.75) is 51.2 Å². The van der Waals surface area contributed by atoms with Crippen molar-refractivity contribution in [2.75, 3.05) is 44.2 Å². The molecule has 0 aromatic heterocycles. The van der Waals surface area contributed by atoms with Crippen LogP contribution in [0.5, 0.6) is 0 Å². The fourth-order valence-corrected chi connectivity index (χ4v) is 5.60. The molecule has 2 heterocycles. The van der Waals surface area contributed by atoms with Crippen molar-refractivity contribution < 1.29 is 9.90 Å². The topological polar surface area (TPSA) is 47.0 Å². The highest BCUT2D eigenvalue weighted by molar-refractivity contribution is 5.94. The minimum Gasteiger partial charge on any atom is -0.390 e. The molecule has 1 amide bonds. The van der Waals surface area contributed by atoms with E-state index in [1.165, 1.54) is 5.56 Å². The summed E-state index contributed by atoms with van der Waals surface area (Å²) in [6.45, 7) is 8.54. The van der Waals surface area contributed by atoms with E-state index in [0.29, 0.717) is 19.6 Å². The summed E-state index contributed by atoms with van der Waals surface area (Å²) in [4.78, 5) is 19.6. The van der Waals surface area contributed by atoms with Crippen LogP contribution in [0.1, 0.15) is 37.3 Å². The van der Waals surface area contributed by atoms with Crippen molar-refractivity contribution in [3.63, 3.8) is 0 Å². The van der Waals surface area contributed by atoms with Crippen LogP contribution >= 0.6 is 0 Å². The number of carbonyl (C=O) groups excluding carboxylic acids is 1. The maximum absolute atomic E-state index is 13.1. The van der Waals surface area contributed by atoms with Crippen LogP contribution in [-0.4, -0.2) is 71.7 Å². The minimum atomic E-state index is -0.420. The van der Waals surface area contributed by atoms with Gasteiger partial charge < -0.3 is 10.0 Å². The van der Waals surface area contributed by atoms with Crippen molar-refractivity contribution in [3.8, 4) is 0 Å². The quantitative estimate of drug-likeness (QED) is 0.723. The lowest BCUT2D eigenvalue weighted by Gasteiger charge is -2.48. The molecule has 2 aliphatic heterocycles. The summed E-state index contributed by atoms with van der Waals surface area (Å²) in [6, 6.07) is 18.7. The fourth-order valence-electron chi connectivity index (χ4n) is 5.60. The molecule has 0 radical (unpaired) electrons. The Kier molecular flexibility index (Phi) is 7.29. The zero-order chi connectivity index (χ0) is 22.6. The lowest BCUT2D eigenvalue weighted by molar-refractivity contribution is -0.122. The molecule has 2 aromatic rings. The van der Waals surface area contributed by atoms with E-state index >= 15 is 0 Å². The van der Waals surface area contributed by atoms with Crippen molar-refractivity contribution in [2.24, 2.45) is 0 Å². The highest BCUT2D eigenvalue weighted by Crippen LogP contribution is 2.38. The lowest BCUT2D eigenvalue weighted by Crippen LogP contribution is -2.62. The van der Waals surface area contributed by atoms with Crippen LogP contribution < -0.4 is 4.90 Å². The summed E-state index contributed by atoms with van der Waals surface area (Å²) in [5, 5.41) is 11.3. The number of likely N-dealkylation sites (N-methyl/N-ethyl adjacent to an activating group) is 1. The van der Waals surface area contributed by atoms with E-state index in [2.05, 4.69) is 46.2 Å². The smallest absolute Gasteiger partial charge is 0.241 e. The van der Waals surface area contributed by atoms with Crippen LogP contribution in [0.2, 0.25) is 0 Å². The largest absolute Gasteiger partial charge is 0.390 e. The van der Waals surface area contributed by atoms with Gasteiger partial charge in [-0.15, -0.1) is 0 Å². The SMILES string of the molecule is CCN(C(=O)CN1CC[C@@]2(CCCN2CCc2ccccc2)[C@@H](O)C1)c1cccc(C)c1. The third-order valence-corrected chi connectivity index (χ3v) is 7.38. The molecule has 172 valence electrons. The van der Waals surface area contributed by atoms with Gasteiger partial charge in [-0.2, -0.15) is 0 Å². The Bertz CT molecular complexity index is 903. The zero-order valence-electron chi connectivity index (χ0n) is 19.5. The molecule has 4 rings (SSSR count). The van der Waals surface area contributed by atoms with Crippen molar-refractivity contribution in [3.05, 3.63) is 65.7 Å². The van der Waals surface area contributed by atoms with Crippen LogP contribution in [-0.2, 0) is 11.2 Å². The van der Waals surface area contributed by atoms with E-state index in [-0.39, 0.29) is 11.4 Å². The monoisotopic (exact) mass is 435 g/mol. The van der Waals surface area contributed by atoms with Gasteiger partial charge in [0.2, 0.25) is 5.91 Å². The molecule has 1 spiro atoms. The van der Waals surface area contributed by atoms with E-state index in [1.54, 1.807) is 0 Å². The Balaban J connectivity index is 1.36. The van der Waals surface area contributed by atoms with E-state index in [1.807, 2.05) is 36.9 Å². The summed E-state index contributed by atoms with van der Waals surface area (Å²) in [5.74, 6) is 0.105. The first-order valence-electron chi connectivity index (χ1n) is 12.1. The van der Waals surface area contributed by atoms with E-state index < -0.39 is 6.10 Å². The van der Waals surface area contributed by atoms with Gasteiger partial charge in [-0.3, -0.25) is 14.6 Å². The molecule has 2 saturated heterocycles. The molecule has 2 aromatic carbocycles. The first-order valence-corrected chi connectivity index (χ1v) is 12.1. The molecular weight excluding hydrogens is 398 g/mol. The molecule has 1 N–H and O–H groups in total. The second-order valence-corrected chi connectivity index (χ2v) is 9.41. The van der Waals surface area contributed by atoms with Gasteiger partial charge in [0.1, 0.15) is 0 Å². The highest BCUT2D eigenvalue weighted by Gasteiger charge is 2.49. The van der Waals surface area contributed by atoms with Crippen LogP contribution in [0.25, 0.3) is 0 Å². The fraction of sp³-hybridized carbons (Fsp3) is 0.519. The maximum Gasteiger partial charge on any atom is 0.241 e. The highest BCUT2D eigenvalue weighted by atomic mass is 16.3. The number of β-amino-alcohol motifs (C(OH)–C–C–N with tert-alkyl or cyclic N) is 1. The zero-order valence-corrected chi connectivity index (χ0v) is 19.5. The summed E-state index contributed by atoms with van der Waals surface area (Å²) >= 11 is 0. The molecule has 5 heteroatoms. The van der Waals surface area contributed by atoms with Gasteiger partial charge in [0.25, 0.3) is 0 Å². The first kappa shape index (κ1) is 23.0. The second kappa shape index (κ2) is 10.2. The summed E-state index contributed by atoms with van der Waals surface area (Å²) in [6.07, 6.45) is 3.71. The third-order valence-electron chi connectivity index (χ3n) is 7.38. The van der Waals surface area contributed by atoms with Crippen LogP contribution in [0.15, 0.2) is 54.6 Å². The standard InChI is InChI=1S/C27H37N3O2/c1-3-30(24-12-7-9-22(2)19-24)26(32)21-28-18-15-27(25(31)20-28)14-8-16-29(27)17-13-23-10-5-4-6-11-23/h4-7,9-12,19,25,31H,3,8,13-18,20-21H2,1-2H3/t25-,27-/m0/s1. The van der Waals surface area contributed by atoms with Crippen LogP contribution in [0.4, 0.5) is 5.69 Å². The predicted molar refractivity (Wildman–Crippen MR) is 130 cm³/mol. The normalized spacial score (nSPS) is 24.2. The number of rotatable bonds is 7. The van der Waals surface area contributed by atoms with Crippen molar-refractivity contribution >= 4 is 11.6 Å². The molecule has 0 saturated carbocycles. The number of aliphatic hydroxyl groups excluding tert-OH is 1. The number of amides is 1. The Morgan fingerprint density at radius 3 is 2.66 bits per heavy atom. The first-order chi connectivity index (χ1) is 15.5. The minimum absolute atomic E-state index is 0.105. The van der Waals surface area contributed by atoms with E-state index in [4.69, 9.17) is 0 Å². The molecule has 0 aliphatic carbocycles. The number of aryl methyl sites for hydroxylation is 1. The van der Waals surface area contributed by atoms with Gasteiger partial charge in [0.15, 0.2) is 0 Å². The predicted octanol–water partition coefficient (Wildman–Crippen LogP) is 3.49. The van der Waals surface area contributed by atoms with Gasteiger partial charge in [0, 0.05) is 37.4 Å². The Morgan fingerprint density at radius 1 is 1.12 bits per heavy atom. The van der Waals surface area contributed by atoms with Gasteiger partial charge in [-0.25, -0.2) is 0 Å². The number of benzene rings is 2. The number of likely N-dealkylation sites (tertiary alicyclic amines) is 2. The Morgan fingerprint density at radius 2 is 1.94 bits per heavy atom. The van der Waals surface area contributed by atoms with Crippen molar-refractivity contribution in [1.29, 1.82) is 0 Å². The maximum atomic E-state index is 13.1. The average Bonchev–Trinajstić information content (AvgIpc) is 3.20. The van der Waals surface area contributed by atoms with E-state index in [9.17, 15) is 9.90 Å². The number of anilines is 1. The van der Waals surface area contributed by atoms with Gasteiger partial charge in [0.05, 0.1) is 12.6 Å². The third kappa shape index (κ3) is 4.90. The number of carbonyl (C=O) groups is 1. The molecule has 0 bridgehead atoms. The molecule has 2 aliphatic rings. The number of hydrogen-bond acceptors (Lipinski definition) is 4. The number of nitrogens with zero attached hydrogens (tertiary/aromatic N) is 3. The second-order valence-electron chi connectivity index (χ2n) is 9.41. The van der Waals surface area contributed by atoms with Gasteiger partial charge in [-0.05, 0) is 69.3 Å². The van der Waals surface area contributed by atoms with Gasteiger partial charge in [-0.1, -0.05) is 42.5 Å². The summed E-state index contributed by atoms with van der Waals surface area (Å²) < 4.78 is 0. The molecule has 5 nitrogen and oxygen atoms in total. The number of aliphatic hydroxyl groups is 1. The lowest BCUT2D eigenvalue weighted by atomic mass is 9.82. The summed E-state index contributed by atoms with van der Waals surface area (Å²) in [7, 11) is 0. The van der Waals surface area contributed by atoms with Crippen LogP contribution in [0.3, 0.4) is 0 Å². The number of piperidine rings is 1. The molecule has 32 heavy (non-hydrogen) atoms. The molecular formula is C27H37N3O2. The Labute approximate surface area is 192 Å². The molecule has 2 fully saturated rings.